The van der Waals surface area contributed by atoms with E-state index in [0.29, 0.717) is 11.5 Å². The molecular weight excluding hydrogens is 338 g/mol. The summed E-state index contributed by atoms with van der Waals surface area (Å²) in [6.07, 6.45) is 0.776. The van der Waals surface area contributed by atoms with E-state index in [0.717, 1.165) is 55.1 Å². The summed E-state index contributed by atoms with van der Waals surface area (Å²) in [5, 5.41) is 1.07. The number of aromatic nitrogens is 1. The Morgan fingerprint density at radius 3 is 2.60 bits per heavy atom. The van der Waals surface area contributed by atoms with Gasteiger partial charge in [-0.2, -0.15) is 0 Å². The maximum atomic E-state index is 11.7. The van der Waals surface area contributed by atoms with Gasteiger partial charge in [0.1, 0.15) is 11.6 Å². The molecule has 25 heavy (non-hydrogen) atoms. The SMILES string of the molecule is COc1ccc2nc(N3CCN(C4CCS(=O)(=O)C4)CC3)ccc2c1. The zero-order valence-electron chi connectivity index (χ0n) is 14.4. The second-order valence-corrected chi connectivity index (χ2v) is 9.04. The molecule has 0 radical (unpaired) electrons. The first-order chi connectivity index (χ1) is 12.0. The molecule has 4 rings (SSSR count). The van der Waals surface area contributed by atoms with Gasteiger partial charge in [-0.25, -0.2) is 13.4 Å². The molecular formula is C18H23N3O3S. The number of fused-ring (bicyclic) bond motifs is 1. The molecule has 6 nitrogen and oxygen atoms in total. The molecule has 2 fully saturated rings. The molecule has 0 aliphatic carbocycles. The Hall–Kier alpha value is -1.86. The number of hydrogen-bond donors (Lipinski definition) is 0. The van der Waals surface area contributed by atoms with E-state index in [1.54, 1.807) is 7.11 Å². The van der Waals surface area contributed by atoms with Crippen LogP contribution in [0.4, 0.5) is 5.82 Å². The van der Waals surface area contributed by atoms with Crippen molar-refractivity contribution in [3.63, 3.8) is 0 Å². The molecule has 1 atom stereocenters. The Kier molecular flexibility index (Phi) is 4.29. The lowest BCUT2D eigenvalue weighted by molar-refractivity contribution is 0.200. The van der Waals surface area contributed by atoms with Crippen molar-refractivity contribution in [1.29, 1.82) is 0 Å². The molecule has 2 aromatic rings. The Morgan fingerprint density at radius 1 is 1.12 bits per heavy atom. The number of hydrogen-bond acceptors (Lipinski definition) is 6. The van der Waals surface area contributed by atoms with E-state index in [4.69, 9.17) is 9.72 Å². The molecule has 0 bridgehead atoms. The number of nitrogens with zero attached hydrogens (tertiary/aromatic N) is 3. The van der Waals surface area contributed by atoms with Crippen molar-refractivity contribution in [2.24, 2.45) is 0 Å². The molecule has 0 saturated carbocycles. The monoisotopic (exact) mass is 361 g/mol. The fourth-order valence-electron chi connectivity index (χ4n) is 3.78. The van der Waals surface area contributed by atoms with Gasteiger partial charge in [-0.05, 0) is 36.8 Å². The van der Waals surface area contributed by atoms with Gasteiger partial charge in [0.05, 0.1) is 24.1 Å². The Balaban J connectivity index is 1.44. The zero-order chi connectivity index (χ0) is 17.4. The molecule has 1 aromatic carbocycles. The molecule has 1 unspecified atom stereocenters. The number of ether oxygens (including phenoxy) is 1. The van der Waals surface area contributed by atoms with Gasteiger partial charge in [-0.1, -0.05) is 0 Å². The number of benzene rings is 1. The lowest BCUT2D eigenvalue weighted by Crippen LogP contribution is -2.51. The van der Waals surface area contributed by atoms with Crippen LogP contribution in [0.25, 0.3) is 10.9 Å². The molecule has 2 saturated heterocycles. The van der Waals surface area contributed by atoms with Crippen molar-refractivity contribution in [3.05, 3.63) is 30.3 Å². The summed E-state index contributed by atoms with van der Waals surface area (Å²) >= 11 is 0. The standard InChI is InChI=1S/C18H23N3O3S/c1-24-16-3-4-17-14(12-16)2-5-18(19-17)21-9-7-20(8-10-21)15-6-11-25(22,23)13-15/h2-5,12,15H,6-11,13H2,1H3. The molecule has 0 amide bonds. The third-order valence-electron chi connectivity index (χ3n) is 5.24. The minimum absolute atomic E-state index is 0.198. The number of sulfone groups is 1. The van der Waals surface area contributed by atoms with Crippen LogP contribution in [0.3, 0.4) is 0 Å². The summed E-state index contributed by atoms with van der Waals surface area (Å²) in [6, 6.07) is 10.2. The highest BCUT2D eigenvalue weighted by Gasteiger charge is 2.33. The van der Waals surface area contributed by atoms with Gasteiger partial charge in [0.2, 0.25) is 0 Å². The summed E-state index contributed by atoms with van der Waals surface area (Å²) in [5.41, 5.74) is 0.961. The minimum Gasteiger partial charge on any atom is -0.497 e. The van der Waals surface area contributed by atoms with Crippen molar-refractivity contribution in [2.45, 2.75) is 12.5 Å². The average molecular weight is 361 g/mol. The van der Waals surface area contributed by atoms with Gasteiger partial charge < -0.3 is 9.64 Å². The number of piperazine rings is 1. The number of methoxy groups -OCH3 is 1. The minimum atomic E-state index is -2.82. The highest BCUT2D eigenvalue weighted by atomic mass is 32.2. The highest BCUT2D eigenvalue weighted by Crippen LogP contribution is 2.24. The van der Waals surface area contributed by atoms with Crippen LogP contribution in [-0.4, -0.2) is 69.1 Å². The summed E-state index contributed by atoms with van der Waals surface area (Å²) in [7, 11) is -1.15. The second kappa shape index (κ2) is 6.46. The first-order valence-corrected chi connectivity index (χ1v) is 10.5. The number of pyridine rings is 1. The van der Waals surface area contributed by atoms with E-state index in [1.165, 1.54) is 0 Å². The molecule has 0 spiro atoms. The largest absolute Gasteiger partial charge is 0.497 e. The molecule has 134 valence electrons. The summed E-state index contributed by atoms with van der Waals surface area (Å²) in [6.45, 7) is 3.54. The Bertz CT molecular complexity index is 876. The maximum absolute atomic E-state index is 11.7. The van der Waals surface area contributed by atoms with Gasteiger partial charge in [0.25, 0.3) is 0 Å². The van der Waals surface area contributed by atoms with E-state index in [9.17, 15) is 8.42 Å². The summed E-state index contributed by atoms with van der Waals surface area (Å²) in [4.78, 5) is 9.38. The van der Waals surface area contributed by atoms with Crippen molar-refractivity contribution in [1.82, 2.24) is 9.88 Å². The van der Waals surface area contributed by atoms with Crippen LogP contribution in [0.5, 0.6) is 5.75 Å². The van der Waals surface area contributed by atoms with Crippen LogP contribution in [0.15, 0.2) is 30.3 Å². The summed E-state index contributed by atoms with van der Waals surface area (Å²) in [5.74, 6) is 2.48. The Labute approximate surface area is 148 Å². The first-order valence-electron chi connectivity index (χ1n) is 8.68. The van der Waals surface area contributed by atoms with Crippen molar-refractivity contribution < 1.29 is 13.2 Å². The van der Waals surface area contributed by atoms with Crippen LogP contribution < -0.4 is 9.64 Å². The van der Waals surface area contributed by atoms with Crippen LogP contribution in [0.2, 0.25) is 0 Å². The fourth-order valence-corrected chi connectivity index (χ4v) is 5.54. The molecule has 7 heteroatoms. The number of rotatable bonds is 3. The topological polar surface area (TPSA) is 62.7 Å². The van der Waals surface area contributed by atoms with Crippen LogP contribution in [0, 0.1) is 0 Å². The number of anilines is 1. The maximum Gasteiger partial charge on any atom is 0.151 e. The van der Waals surface area contributed by atoms with Gasteiger partial charge >= 0.3 is 0 Å². The Morgan fingerprint density at radius 2 is 1.92 bits per heavy atom. The van der Waals surface area contributed by atoms with E-state index in [1.807, 2.05) is 18.2 Å². The first kappa shape index (κ1) is 16.6. The van der Waals surface area contributed by atoms with E-state index in [2.05, 4.69) is 21.9 Å². The predicted octanol–water partition coefficient (Wildman–Crippen LogP) is 1.55. The van der Waals surface area contributed by atoms with Gasteiger partial charge in [0, 0.05) is 37.6 Å². The third-order valence-corrected chi connectivity index (χ3v) is 7.00. The van der Waals surface area contributed by atoms with Gasteiger partial charge in [0.15, 0.2) is 9.84 Å². The van der Waals surface area contributed by atoms with E-state index < -0.39 is 9.84 Å². The van der Waals surface area contributed by atoms with Crippen molar-refractivity contribution in [2.75, 3.05) is 49.7 Å². The van der Waals surface area contributed by atoms with E-state index >= 15 is 0 Å². The lowest BCUT2D eigenvalue weighted by atomic mass is 10.1. The van der Waals surface area contributed by atoms with Crippen LogP contribution >= 0.6 is 0 Å². The van der Waals surface area contributed by atoms with Crippen molar-refractivity contribution >= 4 is 26.6 Å². The molecule has 2 aliphatic rings. The van der Waals surface area contributed by atoms with Gasteiger partial charge in [-0.15, -0.1) is 0 Å². The highest BCUT2D eigenvalue weighted by molar-refractivity contribution is 7.91. The predicted molar refractivity (Wildman–Crippen MR) is 99.1 cm³/mol. The summed E-state index contributed by atoms with van der Waals surface area (Å²) < 4.78 is 28.6. The lowest BCUT2D eigenvalue weighted by Gasteiger charge is -2.38. The third kappa shape index (κ3) is 3.43. The smallest absolute Gasteiger partial charge is 0.151 e. The van der Waals surface area contributed by atoms with Crippen molar-refractivity contribution in [3.8, 4) is 5.75 Å². The molecule has 3 heterocycles. The van der Waals surface area contributed by atoms with E-state index in [-0.39, 0.29) is 6.04 Å². The van der Waals surface area contributed by atoms with Crippen LogP contribution in [0.1, 0.15) is 6.42 Å². The average Bonchev–Trinajstić information content (AvgIpc) is 3.01. The molecule has 2 aliphatic heterocycles. The van der Waals surface area contributed by atoms with Crippen LogP contribution in [-0.2, 0) is 9.84 Å². The fraction of sp³-hybridized carbons (Fsp3) is 0.500. The quantitative estimate of drug-likeness (QED) is 0.827. The normalized spacial score (nSPS) is 23.9. The van der Waals surface area contributed by atoms with Gasteiger partial charge in [-0.3, -0.25) is 4.90 Å². The molecule has 0 N–H and O–H groups in total. The zero-order valence-corrected chi connectivity index (χ0v) is 15.2. The molecule has 1 aromatic heterocycles. The second-order valence-electron chi connectivity index (χ2n) is 6.81.